The fourth-order valence-electron chi connectivity index (χ4n) is 2.87. The quantitative estimate of drug-likeness (QED) is 0.330. The standard InChI is InChI=1S/C22H17BrClN5OS/c1-14-4-7-17(11-19(14)24)26-20(30)13-31-22-28-27-21(15-3-2-10-25-12-15)29(22)18-8-5-16(23)6-9-18/h2-12H,13H2,1H3,(H,26,30). The van der Waals surface area contributed by atoms with Gasteiger partial charge in [0.15, 0.2) is 11.0 Å². The predicted molar refractivity (Wildman–Crippen MR) is 128 cm³/mol. The lowest BCUT2D eigenvalue weighted by Crippen LogP contribution is -2.14. The summed E-state index contributed by atoms with van der Waals surface area (Å²) in [6.07, 6.45) is 3.45. The van der Waals surface area contributed by atoms with Crippen molar-refractivity contribution in [2.75, 3.05) is 11.1 Å². The average Bonchev–Trinajstić information content (AvgIpc) is 3.20. The minimum atomic E-state index is -0.154. The summed E-state index contributed by atoms with van der Waals surface area (Å²) in [6.45, 7) is 1.92. The van der Waals surface area contributed by atoms with Gasteiger partial charge in [-0.3, -0.25) is 14.3 Å². The summed E-state index contributed by atoms with van der Waals surface area (Å²) in [5.41, 5.74) is 3.34. The van der Waals surface area contributed by atoms with Gasteiger partial charge in [0.25, 0.3) is 0 Å². The van der Waals surface area contributed by atoms with E-state index in [1.165, 1.54) is 11.8 Å². The Morgan fingerprint density at radius 2 is 1.97 bits per heavy atom. The number of carbonyl (C=O) groups excluding carboxylic acids is 1. The first-order chi connectivity index (χ1) is 15.0. The normalized spacial score (nSPS) is 10.8. The molecule has 0 radical (unpaired) electrons. The number of rotatable bonds is 6. The molecule has 9 heteroatoms. The molecular formula is C22H17BrClN5OS. The second-order valence-corrected chi connectivity index (χ2v) is 8.93. The van der Waals surface area contributed by atoms with Crippen molar-refractivity contribution >= 4 is 50.9 Å². The maximum atomic E-state index is 12.5. The van der Waals surface area contributed by atoms with Gasteiger partial charge in [0.2, 0.25) is 5.91 Å². The van der Waals surface area contributed by atoms with E-state index in [1.807, 2.05) is 60.0 Å². The van der Waals surface area contributed by atoms with Crippen molar-refractivity contribution in [1.29, 1.82) is 0 Å². The summed E-state index contributed by atoms with van der Waals surface area (Å²) in [4.78, 5) is 16.7. The lowest BCUT2D eigenvalue weighted by molar-refractivity contribution is -0.113. The molecule has 4 rings (SSSR count). The minimum Gasteiger partial charge on any atom is -0.325 e. The molecule has 1 amide bonds. The van der Waals surface area contributed by atoms with Gasteiger partial charge < -0.3 is 5.32 Å². The summed E-state index contributed by atoms with van der Waals surface area (Å²) < 4.78 is 2.89. The van der Waals surface area contributed by atoms with Gasteiger partial charge >= 0.3 is 0 Å². The van der Waals surface area contributed by atoms with Crippen LogP contribution in [-0.2, 0) is 4.79 Å². The number of halogens is 2. The van der Waals surface area contributed by atoms with E-state index in [1.54, 1.807) is 18.5 Å². The molecule has 0 unspecified atom stereocenters. The Morgan fingerprint density at radius 3 is 2.68 bits per heavy atom. The van der Waals surface area contributed by atoms with Crippen LogP contribution in [0.5, 0.6) is 0 Å². The number of benzene rings is 2. The lowest BCUT2D eigenvalue weighted by Gasteiger charge is -2.11. The molecule has 0 bridgehead atoms. The molecule has 1 N–H and O–H groups in total. The van der Waals surface area contributed by atoms with Crippen LogP contribution in [0.2, 0.25) is 5.02 Å². The molecular weight excluding hydrogens is 498 g/mol. The van der Waals surface area contributed by atoms with Crippen LogP contribution in [0, 0.1) is 6.92 Å². The topological polar surface area (TPSA) is 72.7 Å². The number of amides is 1. The lowest BCUT2D eigenvalue weighted by atomic mass is 10.2. The SMILES string of the molecule is Cc1ccc(NC(=O)CSc2nnc(-c3cccnc3)n2-c2ccc(Br)cc2)cc1Cl. The number of hydrogen-bond acceptors (Lipinski definition) is 5. The number of thioether (sulfide) groups is 1. The molecule has 156 valence electrons. The zero-order valence-electron chi connectivity index (χ0n) is 16.4. The number of hydrogen-bond donors (Lipinski definition) is 1. The van der Waals surface area contributed by atoms with E-state index in [9.17, 15) is 4.79 Å². The molecule has 0 aliphatic heterocycles. The number of pyridine rings is 1. The maximum absolute atomic E-state index is 12.5. The van der Waals surface area contributed by atoms with Crippen LogP contribution in [0.3, 0.4) is 0 Å². The second-order valence-electron chi connectivity index (χ2n) is 6.66. The molecule has 0 saturated carbocycles. The van der Waals surface area contributed by atoms with Crippen LogP contribution < -0.4 is 5.32 Å². The number of carbonyl (C=O) groups is 1. The van der Waals surface area contributed by atoms with Gasteiger partial charge in [-0.05, 0) is 61.0 Å². The van der Waals surface area contributed by atoms with Crippen molar-refractivity contribution in [3.8, 4) is 17.1 Å². The Morgan fingerprint density at radius 1 is 1.16 bits per heavy atom. The summed E-state index contributed by atoms with van der Waals surface area (Å²) in [5.74, 6) is 0.676. The molecule has 31 heavy (non-hydrogen) atoms. The Bertz CT molecular complexity index is 1210. The van der Waals surface area contributed by atoms with E-state index in [4.69, 9.17) is 11.6 Å². The highest BCUT2D eigenvalue weighted by molar-refractivity contribution is 9.10. The molecule has 2 heterocycles. The van der Waals surface area contributed by atoms with Crippen molar-refractivity contribution < 1.29 is 4.79 Å². The Balaban J connectivity index is 1.57. The molecule has 0 aliphatic rings. The molecule has 0 saturated heterocycles. The monoisotopic (exact) mass is 513 g/mol. The van der Waals surface area contributed by atoms with Crippen molar-refractivity contribution in [1.82, 2.24) is 19.7 Å². The van der Waals surface area contributed by atoms with E-state index in [-0.39, 0.29) is 11.7 Å². The first-order valence-corrected chi connectivity index (χ1v) is 11.5. The first-order valence-electron chi connectivity index (χ1n) is 9.32. The Labute approximate surface area is 197 Å². The molecule has 4 aromatic rings. The van der Waals surface area contributed by atoms with Gasteiger partial charge in [0, 0.05) is 38.8 Å². The average molecular weight is 515 g/mol. The molecule has 2 aromatic heterocycles. The van der Waals surface area contributed by atoms with Crippen molar-refractivity contribution in [2.24, 2.45) is 0 Å². The smallest absolute Gasteiger partial charge is 0.234 e. The zero-order chi connectivity index (χ0) is 21.8. The fraction of sp³-hybridized carbons (Fsp3) is 0.0909. The van der Waals surface area contributed by atoms with Gasteiger partial charge in [-0.1, -0.05) is 45.4 Å². The third kappa shape index (κ3) is 5.15. The second kappa shape index (κ2) is 9.64. The largest absolute Gasteiger partial charge is 0.325 e. The summed E-state index contributed by atoms with van der Waals surface area (Å²) in [7, 11) is 0. The maximum Gasteiger partial charge on any atom is 0.234 e. The highest BCUT2D eigenvalue weighted by atomic mass is 79.9. The van der Waals surface area contributed by atoms with Gasteiger partial charge in [-0.25, -0.2) is 0 Å². The van der Waals surface area contributed by atoms with E-state index < -0.39 is 0 Å². The van der Waals surface area contributed by atoms with Crippen LogP contribution in [0.4, 0.5) is 5.69 Å². The molecule has 0 spiro atoms. The predicted octanol–water partition coefficient (Wildman–Crippen LogP) is 5.78. The van der Waals surface area contributed by atoms with E-state index in [2.05, 4.69) is 36.4 Å². The number of aryl methyl sites for hydroxylation is 1. The van der Waals surface area contributed by atoms with Crippen molar-refractivity contribution in [2.45, 2.75) is 12.1 Å². The van der Waals surface area contributed by atoms with E-state index in [0.717, 1.165) is 21.3 Å². The van der Waals surface area contributed by atoms with Gasteiger partial charge in [0.1, 0.15) is 0 Å². The van der Waals surface area contributed by atoms with Crippen LogP contribution in [0.15, 0.2) is 76.6 Å². The third-order valence-electron chi connectivity index (χ3n) is 4.43. The van der Waals surface area contributed by atoms with Gasteiger partial charge in [-0.2, -0.15) is 0 Å². The molecule has 0 aliphatic carbocycles. The number of anilines is 1. The van der Waals surface area contributed by atoms with Crippen LogP contribution in [0.1, 0.15) is 5.56 Å². The molecule has 6 nitrogen and oxygen atoms in total. The van der Waals surface area contributed by atoms with Crippen molar-refractivity contribution in [3.63, 3.8) is 0 Å². The fourth-order valence-corrected chi connectivity index (χ4v) is 4.06. The molecule has 0 fully saturated rings. The Hall–Kier alpha value is -2.68. The highest BCUT2D eigenvalue weighted by Crippen LogP contribution is 2.28. The van der Waals surface area contributed by atoms with Crippen LogP contribution >= 0.6 is 39.3 Å². The minimum absolute atomic E-state index is 0.154. The summed E-state index contributed by atoms with van der Waals surface area (Å²) in [6, 6.07) is 17.0. The highest BCUT2D eigenvalue weighted by Gasteiger charge is 2.17. The summed E-state index contributed by atoms with van der Waals surface area (Å²) >= 11 is 10.9. The van der Waals surface area contributed by atoms with Gasteiger partial charge in [-0.15, -0.1) is 10.2 Å². The summed E-state index contributed by atoms with van der Waals surface area (Å²) in [5, 5.41) is 12.8. The van der Waals surface area contributed by atoms with E-state index >= 15 is 0 Å². The molecule has 2 aromatic carbocycles. The third-order valence-corrected chi connectivity index (χ3v) is 6.29. The van der Waals surface area contributed by atoms with E-state index in [0.29, 0.717) is 21.7 Å². The van der Waals surface area contributed by atoms with Gasteiger partial charge in [0.05, 0.1) is 5.75 Å². The van der Waals surface area contributed by atoms with Crippen LogP contribution in [0.25, 0.3) is 17.1 Å². The zero-order valence-corrected chi connectivity index (χ0v) is 19.6. The number of nitrogens with one attached hydrogen (secondary N) is 1. The number of aromatic nitrogens is 4. The molecule has 0 atom stereocenters. The first kappa shape index (κ1) is 21.5. The Kier molecular flexibility index (Phi) is 6.70. The van der Waals surface area contributed by atoms with Crippen molar-refractivity contribution in [3.05, 3.63) is 82.0 Å². The number of nitrogens with zero attached hydrogens (tertiary/aromatic N) is 4. The van der Waals surface area contributed by atoms with Crippen LogP contribution in [-0.4, -0.2) is 31.4 Å².